The van der Waals surface area contributed by atoms with Gasteiger partial charge in [0.1, 0.15) is 11.6 Å². The molecule has 0 N–H and O–H groups in total. The number of hydrogen-bond acceptors (Lipinski definition) is 3. The molecular weight excluding hydrogens is 347 g/mol. The zero-order chi connectivity index (χ0) is 19.4. The number of rotatable bonds is 6. The van der Waals surface area contributed by atoms with Gasteiger partial charge in [0.15, 0.2) is 6.10 Å². The van der Waals surface area contributed by atoms with Crippen LogP contribution in [0.15, 0.2) is 48.5 Å². The zero-order valence-corrected chi connectivity index (χ0v) is 15.5. The van der Waals surface area contributed by atoms with Crippen molar-refractivity contribution in [2.24, 2.45) is 0 Å². The third kappa shape index (κ3) is 4.27. The van der Waals surface area contributed by atoms with E-state index in [1.54, 1.807) is 28.9 Å². The summed E-state index contributed by atoms with van der Waals surface area (Å²) in [7, 11) is 0. The molecule has 0 bridgehead atoms. The highest BCUT2D eigenvalue weighted by atomic mass is 19.1. The van der Waals surface area contributed by atoms with Crippen molar-refractivity contribution in [3.05, 3.63) is 59.9 Å². The van der Waals surface area contributed by atoms with Crippen molar-refractivity contribution in [1.29, 1.82) is 0 Å². The van der Waals surface area contributed by atoms with E-state index in [4.69, 9.17) is 4.74 Å². The third-order valence-corrected chi connectivity index (χ3v) is 4.62. The van der Waals surface area contributed by atoms with Crippen molar-refractivity contribution in [1.82, 2.24) is 4.90 Å². The zero-order valence-electron chi connectivity index (χ0n) is 15.5. The molecule has 1 atom stereocenters. The monoisotopic (exact) mass is 370 g/mol. The topological polar surface area (TPSA) is 49.9 Å². The van der Waals surface area contributed by atoms with E-state index < -0.39 is 6.10 Å². The lowest BCUT2D eigenvalue weighted by Crippen LogP contribution is -2.46. The van der Waals surface area contributed by atoms with Crippen molar-refractivity contribution >= 4 is 17.5 Å². The molecule has 3 rings (SSSR count). The summed E-state index contributed by atoms with van der Waals surface area (Å²) in [6.07, 6.45) is -0.389. The molecule has 0 aromatic heterocycles. The fourth-order valence-corrected chi connectivity index (χ4v) is 3.19. The molecule has 0 spiro atoms. The van der Waals surface area contributed by atoms with Crippen molar-refractivity contribution in [3.8, 4) is 5.75 Å². The molecule has 0 unspecified atom stereocenters. The van der Waals surface area contributed by atoms with E-state index in [0.717, 1.165) is 5.56 Å². The number of fused-ring (bicyclic) bond motifs is 1. The van der Waals surface area contributed by atoms with Crippen LogP contribution in [0.2, 0.25) is 0 Å². The third-order valence-electron chi connectivity index (χ3n) is 4.62. The molecule has 2 amide bonds. The summed E-state index contributed by atoms with van der Waals surface area (Å²) in [5, 5.41) is 0. The van der Waals surface area contributed by atoms with Crippen molar-refractivity contribution in [3.63, 3.8) is 0 Å². The summed E-state index contributed by atoms with van der Waals surface area (Å²) in [4.78, 5) is 28.4. The van der Waals surface area contributed by atoms with Gasteiger partial charge in [0, 0.05) is 26.1 Å². The number of carbonyl (C=O) groups is 2. The van der Waals surface area contributed by atoms with E-state index >= 15 is 0 Å². The van der Waals surface area contributed by atoms with Gasteiger partial charge >= 0.3 is 0 Å². The molecule has 0 fully saturated rings. The van der Waals surface area contributed by atoms with Crippen molar-refractivity contribution in [2.75, 3.05) is 18.0 Å². The molecule has 0 saturated heterocycles. The SMILES string of the molecule is CCN(Cc1cccc(F)c1)C(=O)CCN1C(=O)[C@@H](C)Oc2ccccc21. The smallest absolute Gasteiger partial charge is 0.267 e. The Labute approximate surface area is 158 Å². The second-order valence-corrected chi connectivity index (χ2v) is 6.51. The van der Waals surface area contributed by atoms with Crippen LogP contribution in [-0.2, 0) is 16.1 Å². The molecule has 1 aliphatic heterocycles. The largest absolute Gasteiger partial charge is 0.479 e. The lowest BCUT2D eigenvalue weighted by Gasteiger charge is -2.33. The average molecular weight is 370 g/mol. The second-order valence-electron chi connectivity index (χ2n) is 6.51. The molecule has 2 aromatic rings. The Morgan fingerprint density at radius 2 is 2.00 bits per heavy atom. The van der Waals surface area contributed by atoms with E-state index in [-0.39, 0.29) is 30.6 Å². The fourth-order valence-electron chi connectivity index (χ4n) is 3.19. The van der Waals surface area contributed by atoms with Crippen LogP contribution in [0, 0.1) is 5.82 Å². The highest BCUT2D eigenvalue weighted by Crippen LogP contribution is 2.33. The minimum atomic E-state index is -0.579. The maximum Gasteiger partial charge on any atom is 0.267 e. The number of anilines is 1. The van der Waals surface area contributed by atoms with Crippen LogP contribution in [0.3, 0.4) is 0 Å². The summed E-state index contributed by atoms with van der Waals surface area (Å²) in [6.45, 7) is 4.72. The van der Waals surface area contributed by atoms with Crippen LogP contribution < -0.4 is 9.64 Å². The van der Waals surface area contributed by atoms with Gasteiger partial charge in [-0.3, -0.25) is 9.59 Å². The molecule has 5 nitrogen and oxygen atoms in total. The minimum absolute atomic E-state index is 0.0776. The summed E-state index contributed by atoms with van der Waals surface area (Å²) in [5.74, 6) is 0.0885. The number of amides is 2. The summed E-state index contributed by atoms with van der Waals surface area (Å²) in [5.41, 5.74) is 1.42. The number of nitrogens with zero attached hydrogens (tertiary/aromatic N) is 2. The Morgan fingerprint density at radius 3 is 2.74 bits per heavy atom. The van der Waals surface area contributed by atoms with Gasteiger partial charge in [0.25, 0.3) is 5.91 Å². The van der Waals surface area contributed by atoms with E-state index in [0.29, 0.717) is 24.5 Å². The quantitative estimate of drug-likeness (QED) is 0.783. The van der Waals surface area contributed by atoms with Gasteiger partial charge < -0.3 is 14.5 Å². The Morgan fingerprint density at radius 1 is 1.22 bits per heavy atom. The maximum absolute atomic E-state index is 13.4. The average Bonchev–Trinajstić information content (AvgIpc) is 2.66. The van der Waals surface area contributed by atoms with Crippen LogP contribution >= 0.6 is 0 Å². The van der Waals surface area contributed by atoms with Crippen LogP contribution in [0.5, 0.6) is 5.75 Å². The first-order valence-electron chi connectivity index (χ1n) is 9.09. The number of carbonyl (C=O) groups excluding carboxylic acids is 2. The molecule has 1 heterocycles. The minimum Gasteiger partial charge on any atom is -0.479 e. The lowest BCUT2D eigenvalue weighted by atomic mass is 10.1. The number of para-hydroxylation sites is 2. The summed E-state index contributed by atoms with van der Waals surface area (Å²) in [6, 6.07) is 13.5. The predicted octanol–water partition coefficient (Wildman–Crippen LogP) is 3.38. The summed E-state index contributed by atoms with van der Waals surface area (Å²) < 4.78 is 19.0. The Bertz CT molecular complexity index is 840. The van der Waals surface area contributed by atoms with Crippen molar-refractivity contribution < 1.29 is 18.7 Å². The van der Waals surface area contributed by atoms with E-state index in [2.05, 4.69) is 0 Å². The normalized spacial score (nSPS) is 15.9. The fraction of sp³-hybridized carbons (Fsp3) is 0.333. The van der Waals surface area contributed by atoms with E-state index in [1.165, 1.54) is 12.1 Å². The van der Waals surface area contributed by atoms with Gasteiger partial charge in [-0.1, -0.05) is 24.3 Å². The van der Waals surface area contributed by atoms with Crippen LogP contribution in [0.25, 0.3) is 0 Å². The molecular formula is C21H23FN2O3. The number of ether oxygens (including phenoxy) is 1. The van der Waals surface area contributed by atoms with E-state index in [9.17, 15) is 14.0 Å². The van der Waals surface area contributed by atoms with Crippen LogP contribution in [-0.4, -0.2) is 35.9 Å². The van der Waals surface area contributed by atoms with Gasteiger partial charge in [-0.15, -0.1) is 0 Å². The van der Waals surface area contributed by atoms with Gasteiger partial charge in [-0.2, -0.15) is 0 Å². The lowest BCUT2D eigenvalue weighted by molar-refractivity contribution is -0.131. The maximum atomic E-state index is 13.4. The van der Waals surface area contributed by atoms with Crippen LogP contribution in [0.1, 0.15) is 25.8 Å². The molecule has 0 saturated carbocycles. The standard InChI is InChI=1S/C21H23FN2O3/c1-3-23(14-16-7-6-8-17(22)13-16)20(25)11-12-24-18-9-4-5-10-19(18)27-15(2)21(24)26/h4-10,13,15H,3,11-12,14H2,1-2H3/t15-/m1/s1. The van der Waals surface area contributed by atoms with Crippen LogP contribution in [0.4, 0.5) is 10.1 Å². The molecule has 0 aliphatic carbocycles. The molecule has 2 aromatic carbocycles. The molecule has 0 radical (unpaired) electrons. The Balaban J connectivity index is 1.67. The highest BCUT2D eigenvalue weighted by Gasteiger charge is 2.31. The first kappa shape index (κ1) is 18.9. The first-order valence-corrected chi connectivity index (χ1v) is 9.09. The van der Waals surface area contributed by atoms with Gasteiger partial charge in [-0.05, 0) is 43.7 Å². The molecule has 27 heavy (non-hydrogen) atoms. The van der Waals surface area contributed by atoms with E-state index in [1.807, 2.05) is 31.2 Å². The molecule has 6 heteroatoms. The van der Waals surface area contributed by atoms with Gasteiger partial charge in [-0.25, -0.2) is 4.39 Å². The predicted molar refractivity (Wildman–Crippen MR) is 101 cm³/mol. The number of halogens is 1. The number of hydrogen-bond donors (Lipinski definition) is 0. The van der Waals surface area contributed by atoms with Gasteiger partial charge in [0.05, 0.1) is 5.69 Å². The first-order chi connectivity index (χ1) is 13.0. The van der Waals surface area contributed by atoms with Gasteiger partial charge in [0.2, 0.25) is 5.91 Å². The Hall–Kier alpha value is -2.89. The number of benzene rings is 2. The Kier molecular flexibility index (Phi) is 5.74. The molecule has 142 valence electrons. The second kappa shape index (κ2) is 8.20. The molecule has 1 aliphatic rings. The summed E-state index contributed by atoms with van der Waals surface area (Å²) >= 11 is 0. The van der Waals surface area contributed by atoms with Crippen molar-refractivity contribution in [2.45, 2.75) is 32.9 Å². The highest BCUT2D eigenvalue weighted by molar-refractivity contribution is 6.00.